The van der Waals surface area contributed by atoms with Crippen LogP contribution in [0.3, 0.4) is 0 Å². The Morgan fingerprint density at radius 1 is 0.647 bits per heavy atom. The van der Waals surface area contributed by atoms with Crippen molar-refractivity contribution in [1.29, 1.82) is 0 Å². The van der Waals surface area contributed by atoms with Gasteiger partial charge < -0.3 is 9.80 Å². The van der Waals surface area contributed by atoms with E-state index in [4.69, 9.17) is 24.4 Å². The Labute approximate surface area is 203 Å². The number of alkyl halides is 6. The average Bonchev–Trinajstić information content (AvgIpc) is 3.24. The van der Waals surface area contributed by atoms with Crippen molar-refractivity contribution in [2.24, 2.45) is 0 Å². The van der Waals surface area contributed by atoms with Gasteiger partial charge in [-0.25, -0.2) is 0 Å². The molecule has 178 valence electrons. The molecule has 10 heteroatoms. The van der Waals surface area contributed by atoms with E-state index in [2.05, 4.69) is 0 Å². The van der Waals surface area contributed by atoms with Crippen LogP contribution in [0.2, 0.25) is 0 Å². The minimum absolute atomic E-state index is 0.285. The zero-order chi connectivity index (χ0) is 25.0. The molecule has 2 aromatic carbocycles. The Kier molecular flexibility index (Phi) is 6.10. The van der Waals surface area contributed by atoms with Gasteiger partial charge in [-0.1, -0.05) is 48.7 Å². The molecule has 0 saturated heterocycles. The molecule has 0 atom stereocenters. The number of rotatable bonds is 4. The summed E-state index contributed by atoms with van der Waals surface area (Å²) in [4.78, 5) is 4.00. The van der Waals surface area contributed by atoms with Gasteiger partial charge in [0.1, 0.15) is 9.98 Å². The van der Waals surface area contributed by atoms with Crippen LogP contribution >= 0.6 is 24.4 Å². The van der Waals surface area contributed by atoms with Gasteiger partial charge in [-0.15, -0.1) is 0 Å². The molecule has 0 radical (unpaired) electrons. The number of thiocarbonyl (C=S) groups is 2. The molecule has 2 heterocycles. The SMILES string of the molecule is CCN1C(=S)C2=C(c3cccc(C(F)(F)F)c3)N(CC)C(=S)C2=C1c1cccc(C(F)(F)F)c1. The number of halogens is 6. The lowest BCUT2D eigenvalue weighted by atomic mass is 10.0. The first kappa shape index (κ1) is 24.4. The standard InChI is InChI=1S/C24H18F6N2S2/c1-3-31-19(13-7-5-9-15(11-13)23(25,26)27)17-18(21(31)33)20(32(4-2)22(17)34)14-8-6-10-16(12-14)24(28,29)30/h5-12H,3-4H2,1-2H3. The van der Waals surface area contributed by atoms with Gasteiger partial charge in [-0.2, -0.15) is 26.3 Å². The Hall–Kier alpha value is -2.72. The van der Waals surface area contributed by atoms with Crippen LogP contribution in [-0.4, -0.2) is 32.9 Å². The summed E-state index contributed by atoms with van der Waals surface area (Å²) in [5.74, 6) is 0. The van der Waals surface area contributed by atoms with Crippen LogP contribution in [0.25, 0.3) is 11.4 Å². The largest absolute Gasteiger partial charge is 0.416 e. The molecule has 2 nitrogen and oxygen atoms in total. The van der Waals surface area contributed by atoms with Crippen molar-refractivity contribution in [3.63, 3.8) is 0 Å². The van der Waals surface area contributed by atoms with Gasteiger partial charge in [0.15, 0.2) is 0 Å². The normalized spacial score (nSPS) is 16.8. The van der Waals surface area contributed by atoms with E-state index < -0.39 is 23.5 Å². The number of likely N-dealkylation sites (N-methyl/N-ethyl adjacent to an activating group) is 2. The fourth-order valence-electron chi connectivity index (χ4n) is 4.29. The Morgan fingerprint density at radius 3 is 1.29 bits per heavy atom. The lowest BCUT2D eigenvalue weighted by Crippen LogP contribution is -2.28. The minimum atomic E-state index is -4.54. The first-order valence-electron chi connectivity index (χ1n) is 10.4. The molecule has 0 spiro atoms. The van der Waals surface area contributed by atoms with Gasteiger partial charge in [0.25, 0.3) is 0 Å². The van der Waals surface area contributed by atoms with E-state index >= 15 is 0 Å². The van der Waals surface area contributed by atoms with E-state index in [1.54, 1.807) is 35.8 Å². The van der Waals surface area contributed by atoms with Gasteiger partial charge >= 0.3 is 12.4 Å². The molecule has 2 aromatic rings. The summed E-state index contributed by atoms with van der Waals surface area (Å²) in [7, 11) is 0. The van der Waals surface area contributed by atoms with E-state index in [0.717, 1.165) is 24.3 Å². The maximum Gasteiger partial charge on any atom is 0.416 e. The molecule has 0 saturated carbocycles. The zero-order valence-corrected chi connectivity index (χ0v) is 19.6. The van der Waals surface area contributed by atoms with E-state index in [0.29, 0.717) is 45.6 Å². The van der Waals surface area contributed by atoms with Crippen molar-refractivity contribution in [1.82, 2.24) is 9.80 Å². The first-order chi connectivity index (χ1) is 15.9. The second-order valence-electron chi connectivity index (χ2n) is 7.70. The fraction of sp³-hybridized carbons (Fsp3) is 0.250. The number of fused-ring (bicyclic) bond motifs is 1. The van der Waals surface area contributed by atoms with Gasteiger partial charge in [0.2, 0.25) is 0 Å². The van der Waals surface area contributed by atoms with Crippen molar-refractivity contribution in [2.75, 3.05) is 13.1 Å². The summed E-state index contributed by atoms with van der Waals surface area (Å²) in [5, 5.41) is 0. The Morgan fingerprint density at radius 2 is 1.00 bits per heavy atom. The summed E-state index contributed by atoms with van der Waals surface area (Å²) in [6.45, 7) is 4.30. The quantitative estimate of drug-likeness (QED) is 0.316. The van der Waals surface area contributed by atoms with Gasteiger partial charge in [-0.05, 0) is 49.2 Å². The van der Waals surface area contributed by atoms with E-state index in [1.807, 2.05) is 0 Å². The summed E-state index contributed by atoms with van der Waals surface area (Å²) < 4.78 is 80.4. The fourth-order valence-corrected chi connectivity index (χ4v) is 5.12. The average molecular weight is 513 g/mol. The minimum Gasteiger partial charge on any atom is -0.331 e. The molecule has 0 aromatic heterocycles. The van der Waals surface area contributed by atoms with E-state index in [9.17, 15) is 26.3 Å². The Bertz CT molecular complexity index is 1160. The predicted octanol–water partition coefficient (Wildman–Crippen LogP) is 7.17. The Balaban J connectivity index is 2.00. The molecular formula is C24H18F6N2S2. The molecule has 0 unspecified atom stereocenters. The summed E-state index contributed by atoms with van der Waals surface area (Å²) in [6, 6.07) is 9.76. The smallest absolute Gasteiger partial charge is 0.331 e. The number of benzene rings is 2. The number of nitrogens with zero attached hydrogens (tertiary/aromatic N) is 2. The summed E-state index contributed by atoms with van der Waals surface area (Å²) >= 11 is 11.4. The highest BCUT2D eigenvalue weighted by molar-refractivity contribution is 7.81. The predicted molar refractivity (Wildman–Crippen MR) is 127 cm³/mol. The molecule has 2 aliphatic heterocycles. The monoisotopic (exact) mass is 512 g/mol. The molecule has 0 amide bonds. The first-order valence-corrected chi connectivity index (χ1v) is 11.2. The maximum atomic E-state index is 13.4. The van der Waals surface area contributed by atoms with Crippen LogP contribution in [0.1, 0.15) is 36.1 Å². The molecule has 2 aliphatic rings. The lowest BCUT2D eigenvalue weighted by Gasteiger charge is -2.26. The highest BCUT2D eigenvalue weighted by Crippen LogP contribution is 2.48. The third-order valence-corrected chi connectivity index (χ3v) is 6.59. The molecule has 0 aliphatic carbocycles. The maximum absolute atomic E-state index is 13.4. The van der Waals surface area contributed by atoms with Crippen LogP contribution in [0.15, 0.2) is 59.7 Å². The second-order valence-corrected chi connectivity index (χ2v) is 8.48. The second kappa shape index (κ2) is 8.49. The topological polar surface area (TPSA) is 6.48 Å². The molecule has 0 N–H and O–H groups in total. The molecular weight excluding hydrogens is 494 g/mol. The van der Waals surface area contributed by atoms with Gasteiger partial charge in [0.05, 0.1) is 22.5 Å². The highest BCUT2D eigenvalue weighted by atomic mass is 32.1. The van der Waals surface area contributed by atoms with Gasteiger partial charge in [-0.3, -0.25) is 0 Å². The van der Waals surface area contributed by atoms with Crippen LogP contribution in [0.4, 0.5) is 26.3 Å². The molecule has 34 heavy (non-hydrogen) atoms. The van der Waals surface area contributed by atoms with Crippen LogP contribution < -0.4 is 0 Å². The molecule has 0 bridgehead atoms. The zero-order valence-electron chi connectivity index (χ0n) is 18.0. The van der Waals surface area contributed by atoms with Crippen molar-refractivity contribution in [2.45, 2.75) is 26.2 Å². The van der Waals surface area contributed by atoms with Crippen molar-refractivity contribution in [3.05, 3.63) is 81.9 Å². The third kappa shape index (κ3) is 3.92. The van der Waals surface area contributed by atoms with Crippen molar-refractivity contribution in [3.8, 4) is 0 Å². The van der Waals surface area contributed by atoms with E-state index in [1.165, 1.54) is 12.1 Å². The molecule has 4 rings (SSSR count). The van der Waals surface area contributed by atoms with Crippen molar-refractivity contribution >= 4 is 45.8 Å². The lowest BCUT2D eigenvalue weighted by molar-refractivity contribution is -0.138. The van der Waals surface area contributed by atoms with Gasteiger partial charge in [0, 0.05) is 24.2 Å². The number of hydrogen-bond acceptors (Lipinski definition) is 2. The third-order valence-electron chi connectivity index (χ3n) is 5.74. The number of hydrogen-bond donors (Lipinski definition) is 0. The van der Waals surface area contributed by atoms with Crippen LogP contribution in [-0.2, 0) is 12.4 Å². The van der Waals surface area contributed by atoms with Crippen LogP contribution in [0.5, 0.6) is 0 Å². The highest BCUT2D eigenvalue weighted by Gasteiger charge is 2.44. The summed E-state index contributed by atoms with van der Waals surface area (Å²) in [6.07, 6.45) is -9.07. The van der Waals surface area contributed by atoms with Crippen LogP contribution in [0, 0.1) is 0 Å². The molecule has 0 fully saturated rings. The summed E-state index contributed by atoms with van der Waals surface area (Å²) in [5.41, 5.74) is 0.739. The van der Waals surface area contributed by atoms with E-state index in [-0.39, 0.29) is 11.1 Å². The van der Waals surface area contributed by atoms with Crippen molar-refractivity contribution < 1.29 is 26.3 Å².